The summed E-state index contributed by atoms with van der Waals surface area (Å²) in [5.41, 5.74) is 2.14. The van der Waals surface area contributed by atoms with Crippen LogP contribution in [0.4, 0.5) is 11.4 Å². The molecule has 3 unspecified atom stereocenters. The Morgan fingerprint density at radius 1 is 1.37 bits per heavy atom. The van der Waals surface area contributed by atoms with Crippen molar-refractivity contribution in [1.29, 1.82) is 0 Å². The van der Waals surface area contributed by atoms with Crippen molar-refractivity contribution in [3.63, 3.8) is 0 Å². The Hall–Kier alpha value is -1.62. The van der Waals surface area contributed by atoms with Gasteiger partial charge in [-0.2, -0.15) is 0 Å². The highest BCUT2D eigenvalue weighted by Crippen LogP contribution is 2.40. The molecule has 102 valence electrons. The number of aliphatic hydroxyl groups excluding tert-OH is 1. The summed E-state index contributed by atoms with van der Waals surface area (Å²) in [5, 5.41) is 20.7. The Bertz CT molecular complexity index is 517. The fourth-order valence-electron chi connectivity index (χ4n) is 3.54. The lowest BCUT2D eigenvalue weighted by Gasteiger charge is -2.22. The van der Waals surface area contributed by atoms with E-state index in [-0.39, 0.29) is 16.7 Å². The Labute approximate surface area is 112 Å². The molecule has 1 aromatic rings. The van der Waals surface area contributed by atoms with E-state index in [1.54, 1.807) is 12.1 Å². The third-order valence-electron chi connectivity index (χ3n) is 4.55. The molecule has 1 saturated carbocycles. The van der Waals surface area contributed by atoms with Gasteiger partial charge in [0.1, 0.15) is 0 Å². The molecule has 1 heterocycles. The lowest BCUT2D eigenvalue weighted by atomic mass is 10.00. The molecule has 1 aliphatic heterocycles. The van der Waals surface area contributed by atoms with Crippen LogP contribution in [0.1, 0.15) is 18.4 Å². The van der Waals surface area contributed by atoms with Gasteiger partial charge in [0.25, 0.3) is 5.69 Å². The van der Waals surface area contributed by atoms with Gasteiger partial charge in [0, 0.05) is 36.8 Å². The quantitative estimate of drug-likeness (QED) is 0.654. The summed E-state index contributed by atoms with van der Waals surface area (Å²) in [6.45, 7) is 3.73. The van der Waals surface area contributed by atoms with E-state index < -0.39 is 0 Å². The number of benzene rings is 1. The largest absolute Gasteiger partial charge is 0.393 e. The van der Waals surface area contributed by atoms with Crippen LogP contribution in [0.2, 0.25) is 0 Å². The first-order valence-corrected chi connectivity index (χ1v) is 6.74. The predicted octanol–water partition coefficient (Wildman–Crippen LogP) is 2.11. The van der Waals surface area contributed by atoms with Crippen molar-refractivity contribution in [3.05, 3.63) is 33.9 Å². The zero-order valence-corrected chi connectivity index (χ0v) is 11.0. The standard InChI is InChI=1S/C14H18N2O3/c1-9-6-11(16(18)19)3-4-13(9)15-7-10-2-5-14(17)12(10)8-15/h3-4,6,10,12,14,17H,2,5,7-8H2,1H3. The normalized spacial score (nSPS) is 29.6. The summed E-state index contributed by atoms with van der Waals surface area (Å²) < 4.78 is 0. The van der Waals surface area contributed by atoms with Crippen LogP contribution in [-0.2, 0) is 0 Å². The molecule has 1 N–H and O–H groups in total. The van der Waals surface area contributed by atoms with Crippen molar-refractivity contribution in [2.24, 2.45) is 11.8 Å². The number of nitro benzene ring substituents is 1. The van der Waals surface area contributed by atoms with Crippen LogP contribution in [0.25, 0.3) is 0 Å². The predicted molar refractivity (Wildman–Crippen MR) is 72.3 cm³/mol. The third-order valence-corrected chi connectivity index (χ3v) is 4.55. The SMILES string of the molecule is Cc1cc([N+](=O)[O-])ccc1N1CC2CCC(O)C2C1. The first-order valence-electron chi connectivity index (χ1n) is 6.74. The smallest absolute Gasteiger partial charge is 0.269 e. The molecule has 2 aliphatic rings. The third kappa shape index (κ3) is 2.08. The minimum atomic E-state index is -0.362. The zero-order chi connectivity index (χ0) is 13.6. The van der Waals surface area contributed by atoms with Crippen molar-refractivity contribution in [2.45, 2.75) is 25.9 Å². The maximum absolute atomic E-state index is 10.7. The van der Waals surface area contributed by atoms with Gasteiger partial charge < -0.3 is 10.0 Å². The molecule has 5 heteroatoms. The molecule has 0 amide bonds. The summed E-state index contributed by atoms with van der Waals surface area (Å²) in [4.78, 5) is 12.6. The van der Waals surface area contributed by atoms with E-state index >= 15 is 0 Å². The van der Waals surface area contributed by atoms with Crippen molar-refractivity contribution in [2.75, 3.05) is 18.0 Å². The fourth-order valence-corrected chi connectivity index (χ4v) is 3.54. The van der Waals surface area contributed by atoms with Gasteiger partial charge in [-0.05, 0) is 37.3 Å². The number of nitro groups is 1. The van der Waals surface area contributed by atoms with Crippen LogP contribution in [0, 0.1) is 28.9 Å². The second-order valence-electron chi connectivity index (χ2n) is 5.70. The first-order chi connectivity index (χ1) is 9.06. The lowest BCUT2D eigenvalue weighted by Crippen LogP contribution is -2.24. The van der Waals surface area contributed by atoms with E-state index in [0.29, 0.717) is 11.8 Å². The van der Waals surface area contributed by atoms with E-state index in [2.05, 4.69) is 4.90 Å². The Morgan fingerprint density at radius 2 is 2.16 bits per heavy atom. The highest BCUT2D eigenvalue weighted by atomic mass is 16.6. The average Bonchev–Trinajstić information content (AvgIpc) is 2.92. The number of aliphatic hydroxyl groups is 1. The van der Waals surface area contributed by atoms with Crippen molar-refractivity contribution < 1.29 is 10.0 Å². The number of hydrogen-bond donors (Lipinski definition) is 1. The van der Waals surface area contributed by atoms with Gasteiger partial charge in [0.2, 0.25) is 0 Å². The van der Waals surface area contributed by atoms with Crippen LogP contribution in [-0.4, -0.2) is 29.2 Å². The number of anilines is 1. The molecule has 1 aromatic carbocycles. The van der Waals surface area contributed by atoms with Crippen molar-refractivity contribution in [3.8, 4) is 0 Å². The molecule has 1 saturated heterocycles. The molecule has 3 atom stereocenters. The van der Waals surface area contributed by atoms with E-state index in [0.717, 1.165) is 37.2 Å². The molecular weight excluding hydrogens is 244 g/mol. The molecule has 0 radical (unpaired) electrons. The van der Waals surface area contributed by atoms with Gasteiger partial charge in [0.15, 0.2) is 0 Å². The lowest BCUT2D eigenvalue weighted by molar-refractivity contribution is -0.384. The van der Waals surface area contributed by atoms with Gasteiger partial charge in [-0.1, -0.05) is 0 Å². The van der Waals surface area contributed by atoms with Crippen molar-refractivity contribution in [1.82, 2.24) is 0 Å². The number of fused-ring (bicyclic) bond motifs is 1. The van der Waals surface area contributed by atoms with E-state index in [1.807, 2.05) is 13.0 Å². The number of non-ortho nitro benzene ring substituents is 1. The highest BCUT2D eigenvalue weighted by molar-refractivity contribution is 5.58. The summed E-state index contributed by atoms with van der Waals surface area (Å²) in [6.07, 6.45) is 1.84. The van der Waals surface area contributed by atoms with Crippen molar-refractivity contribution >= 4 is 11.4 Å². The molecule has 5 nitrogen and oxygen atoms in total. The molecule has 2 fully saturated rings. The summed E-state index contributed by atoms with van der Waals surface area (Å²) in [7, 11) is 0. The topological polar surface area (TPSA) is 66.6 Å². The Balaban J connectivity index is 1.82. The highest BCUT2D eigenvalue weighted by Gasteiger charge is 2.42. The van der Waals surface area contributed by atoms with Gasteiger partial charge in [-0.3, -0.25) is 10.1 Å². The molecule has 19 heavy (non-hydrogen) atoms. The van der Waals surface area contributed by atoms with Crippen LogP contribution in [0.5, 0.6) is 0 Å². The number of aryl methyl sites for hydroxylation is 1. The second-order valence-corrected chi connectivity index (χ2v) is 5.70. The van der Waals surface area contributed by atoms with Crippen LogP contribution >= 0.6 is 0 Å². The zero-order valence-electron chi connectivity index (χ0n) is 11.0. The minimum Gasteiger partial charge on any atom is -0.393 e. The van der Waals surface area contributed by atoms with Gasteiger partial charge in [0.05, 0.1) is 11.0 Å². The summed E-state index contributed by atoms with van der Waals surface area (Å²) >= 11 is 0. The fraction of sp³-hybridized carbons (Fsp3) is 0.571. The maximum atomic E-state index is 10.7. The van der Waals surface area contributed by atoms with E-state index in [4.69, 9.17) is 0 Å². The van der Waals surface area contributed by atoms with E-state index in [9.17, 15) is 15.2 Å². The van der Waals surface area contributed by atoms with Gasteiger partial charge in [-0.15, -0.1) is 0 Å². The van der Waals surface area contributed by atoms with Crippen LogP contribution in [0.3, 0.4) is 0 Å². The number of rotatable bonds is 2. The summed E-state index contributed by atoms with van der Waals surface area (Å²) in [5.74, 6) is 0.944. The van der Waals surface area contributed by atoms with E-state index in [1.165, 1.54) is 0 Å². The first kappa shape index (κ1) is 12.4. The number of hydrogen-bond acceptors (Lipinski definition) is 4. The molecule has 0 bridgehead atoms. The minimum absolute atomic E-state index is 0.140. The maximum Gasteiger partial charge on any atom is 0.269 e. The molecular formula is C14H18N2O3. The van der Waals surface area contributed by atoms with Gasteiger partial charge >= 0.3 is 0 Å². The van der Waals surface area contributed by atoms with Gasteiger partial charge in [-0.25, -0.2) is 0 Å². The summed E-state index contributed by atoms with van der Waals surface area (Å²) in [6, 6.07) is 5.02. The van der Waals surface area contributed by atoms with Crippen LogP contribution < -0.4 is 4.90 Å². The second kappa shape index (κ2) is 4.49. The monoisotopic (exact) mass is 262 g/mol. The molecule has 1 aliphatic carbocycles. The molecule has 3 rings (SSSR count). The molecule has 0 spiro atoms. The average molecular weight is 262 g/mol. The Morgan fingerprint density at radius 3 is 2.79 bits per heavy atom. The number of nitrogens with zero attached hydrogens (tertiary/aromatic N) is 2. The molecule has 0 aromatic heterocycles. The Kier molecular flexibility index (Phi) is 2.93. The van der Waals surface area contributed by atoms with Crippen LogP contribution in [0.15, 0.2) is 18.2 Å².